The number of aryl methyl sites for hydroxylation is 1. The zero-order chi connectivity index (χ0) is 12.3. The molecule has 0 fully saturated rings. The second-order valence-electron chi connectivity index (χ2n) is 4.63. The predicted molar refractivity (Wildman–Crippen MR) is 78.0 cm³/mol. The molecule has 1 aliphatic rings. The van der Waals surface area contributed by atoms with Crippen LogP contribution in [-0.2, 0) is 6.42 Å². The van der Waals surface area contributed by atoms with Crippen LogP contribution >= 0.6 is 11.8 Å². The van der Waals surface area contributed by atoms with E-state index in [1.165, 1.54) is 12.0 Å². The van der Waals surface area contributed by atoms with Crippen molar-refractivity contribution in [2.45, 2.75) is 44.9 Å². The normalized spacial score (nSPS) is 24.3. The largest absolute Gasteiger partial charge is 0.335 e. The summed E-state index contributed by atoms with van der Waals surface area (Å²) < 4.78 is 0. The van der Waals surface area contributed by atoms with E-state index < -0.39 is 0 Å². The molecule has 0 aromatic heterocycles. The third-order valence-corrected chi connectivity index (χ3v) is 3.94. The Labute approximate surface area is 108 Å². The van der Waals surface area contributed by atoms with E-state index in [0.29, 0.717) is 11.3 Å². The van der Waals surface area contributed by atoms with Crippen molar-refractivity contribution < 1.29 is 0 Å². The van der Waals surface area contributed by atoms with Crippen LogP contribution in [-0.4, -0.2) is 16.5 Å². The molecular weight excluding hydrogens is 228 g/mol. The highest BCUT2D eigenvalue weighted by Gasteiger charge is 2.18. The Hall–Kier alpha value is -0.960. The molecule has 0 radical (unpaired) electrons. The zero-order valence-corrected chi connectivity index (χ0v) is 11.6. The van der Waals surface area contributed by atoms with Crippen molar-refractivity contribution in [2.75, 3.05) is 5.32 Å². The topological polar surface area (TPSA) is 24.4 Å². The Bertz CT molecular complexity index is 414. The Morgan fingerprint density at radius 3 is 2.94 bits per heavy atom. The fraction of sp³-hybridized carbons (Fsp3) is 0.500. The summed E-state index contributed by atoms with van der Waals surface area (Å²) in [5.74, 6) is 0. The van der Waals surface area contributed by atoms with Gasteiger partial charge < -0.3 is 5.32 Å². The van der Waals surface area contributed by atoms with Gasteiger partial charge in [-0.3, -0.25) is 4.99 Å². The lowest BCUT2D eigenvalue weighted by Crippen LogP contribution is -2.22. The SMILES string of the molecule is CCc1cccc(NC2=NC(C)CC(C)S2)c1. The average molecular weight is 248 g/mol. The molecule has 0 aliphatic carbocycles. The number of amidine groups is 1. The van der Waals surface area contributed by atoms with E-state index in [9.17, 15) is 0 Å². The number of anilines is 1. The third-order valence-electron chi connectivity index (χ3n) is 2.91. The summed E-state index contributed by atoms with van der Waals surface area (Å²) in [6.45, 7) is 6.62. The summed E-state index contributed by atoms with van der Waals surface area (Å²) in [5.41, 5.74) is 2.51. The van der Waals surface area contributed by atoms with E-state index in [2.05, 4.69) is 55.3 Å². The molecule has 2 unspecified atom stereocenters. The Kier molecular flexibility index (Phi) is 4.11. The second kappa shape index (κ2) is 5.58. The Morgan fingerprint density at radius 1 is 1.41 bits per heavy atom. The summed E-state index contributed by atoms with van der Waals surface area (Å²) in [5, 5.41) is 5.14. The van der Waals surface area contributed by atoms with Gasteiger partial charge in [0.15, 0.2) is 5.17 Å². The summed E-state index contributed by atoms with van der Waals surface area (Å²) >= 11 is 1.84. The Morgan fingerprint density at radius 2 is 2.24 bits per heavy atom. The number of hydrogen-bond acceptors (Lipinski definition) is 3. The van der Waals surface area contributed by atoms with Crippen LogP contribution in [0.5, 0.6) is 0 Å². The van der Waals surface area contributed by atoms with Crippen molar-refractivity contribution in [1.29, 1.82) is 0 Å². The first-order chi connectivity index (χ1) is 8.17. The highest BCUT2D eigenvalue weighted by Crippen LogP contribution is 2.26. The molecule has 2 atom stereocenters. The number of nitrogens with one attached hydrogen (secondary N) is 1. The van der Waals surface area contributed by atoms with Crippen LogP contribution < -0.4 is 5.32 Å². The number of rotatable bonds is 2. The van der Waals surface area contributed by atoms with Crippen LogP contribution in [0.1, 0.15) is 32.8 Å². The van der Waals surface area contributed by atoms with Crippen LogP contribution in [0.3, 0.4) is 0 Å². The minimum Gasteiger partial charge on any atom is -0.335 e. The van der Waals surface area contributed by atoms with E-state index in [4.69, 9.17) is 0 Å². The van der Waals surface area contributed by atoms with Crippen LogP contribution in [0, 0.1) is 0 Å². The lowest BCUT2D eigenvalue weighted by Gasteiger charge is -2.23. The van der Waals surface area contributed by atoms with Gasteiger partial charge in [0.1, 0.15) is 0 Å². The molecule has 1 N–H and O–H groups in total. The van der Waals surface area contributed by atoms with Gasteiger partial charge in [0, 0.05) is 10.9 Å². The first-order valence-electron chi connectivity index (χ1n) is 6.27. The molecule has 92 valence electrons. The quantitative estimate of drug-likeness (QED) is 0.857. The van der Waals surface area contributed by atoms with Gasteiger partial charge in [-0.15, -0.1) is 0 Å². The number of nitrogens with zero attached hydrogens (tertiary/aromatic N) is 1. The Balaban J connectivity index is 2.09. The molecule has 0 amide bonds. The number of thioether (sulfide) groups is 1. The van der Waals surface area contributed by atoms with Gasteiger partial charge in [-0.2, -0.15) is 0 Å². The zero-order valence-electron chi connectivity index (χ0n) is 10.7. The summed E-state index contributed by atoms with van der Waals surface area (Å²) in [6.07, 6.45) is 2.24. The molecule has 3 heteroatoms. The molecule has 0 saturated heterocycles. The molecule has 17 heavy (non-hydrogen) atoms. The van der Waals surface area contributed by atoms with E-state index in [0.717, 1.165) is 17.3 Å². The van der Waals surface area contributed by atoms with E-state index in [1.54, 1.807) is 0 Å². The molecule has 1 aliphatic heterocycles. The average Bonchev–Trinajstić information content (AvgIpc) is 2.28. The monoisotopic (exact) mass is 248 g/mol. The maximum atomic E-state index is 4.65. The minimum atomic E-state index is 0.433. The fourth-order valence-electron chi connectivity index (χ4n) is 2.06. The maximum absolute atomic E-state index is 4.65. The molecule has 1 aromatic carbocycles. The minimum absolute atomic E-state index is 0.433. The summed E-state index contributed by atoms with van der Waals surface area (Å²) in [4.78, 5) is 4.65. The van der Waals surface area contributed by atoms with Crippen molar-refractivity contribution in [3.05, 3.63) is 29.8 Å². The molecule has 2 nitrogen and oxygen atoms in total. The third kappa shape index (κ3) is 3.50. The van der Waals surface area contributed by atoms with Crippen LogP contribution in [0.4, 0.5) is 5.69 Å². The van der Waals surface area contributed by atoms with Crippen LogP contribution in [0.15, 0.2) is 29.3 Å². The predicted octanol–water partition coefficient (Wildman–Crippen LogP) is 3.93. The van der Waals surface area contributed by atoms with E-state index in [-0.39, 0.29) is 0 Å². The fourth-order valence-corrected chi connectivity index (χ4v) is 3.23. The van der Waals surface area contributed by atoms with Crippen molar-refractivity contribution >= 4 is 22.6 Å². The smallest absolute Gasteiger partial charge is 0.161 e. The van der Waals surface area contributed by atoms with Gasteiger partial charge in [0.25, 0.3) is 0 Å². The van der Waals surface area contributed by atoms with Gasteiger partial charge in [-0.05, 0) is 37.5 Å². The van der Waals surface area contributed by atoms with Crippen molar-refractivity contribution in [1.82, 2.24) is 0 Å². The van der Waals surface area contributed by atoms with Crippen molar-refractivity contribution in [2.24, 2.45) is 4.99 Å². The van der Waals surface area contributed by atoms with Gasteiger partial charge in [0.2, 0.25) is 0 Å². The van der Waals surface area contributed by atoms with Gasteiger partial charge in [-0.1, -0.05) is 37.7 Å². The van der Waals surface area contributed by atoms with E-state index >= 15 is 0 Å². The molecular formula is C14H20N2S. The number of hydrogen-bond donors (Lipinski definition) is 1. The first kappa shape index (κ1) is 12.5. The van der Waals surface area contributed by atoms with Gasteiger partial charge in [-0.25, -0.2) is 0 Å². The summed E-state index contributed by atoms with van der Waals surface area (Å²) in [6, 6.07) is 9.00. The summed E-state index contributed by atoms with van der Waals surface area (Å²) in [7, 11) is 0. The molecule has 0 bridgehead atoms. The standard InChI is InChI=1S/C14H20N2S/c1-4-12-6-5-7-13(9-12)16-14-15-10(2)8-11(3)17-14/h5-7,9-11H,4,8H2,1-3H3,(H,15,16). The second-order valence-corrected chi connectivity index (χ2v) is 6.05. The van der Waals surface area contributed by atoms with Gasteiger partial charge in [0.05, 0.1) is 6.04 Å². The van der Waals surface area contributed by atoms with E-state index in [1.807, 2.05) is 11.8 Å². The molecule has 1 heterocycles. The van der Waals surface area contributed by atoms with Crippen LogP contribution in [0.25, 0.3) is 0 Å². The van der Waals surface area contributed by atoms with Gasteiger partial charge >= 0.3 is 0 Å². The maximum Gasteiger partial charge on any atom is 0.161 e. The lowest BCUT2D eigenvalue weighted by atomic mass is 10.1. The van der Waals surface area contributed by atoms with Crippen molar-refractivity contribution in [3.8, 4) is 0 Å². The highest BCUT2D eigenvalue weighted by molar-refractivity contribution is 8.14. The molecule has 0 saturated carbocycles. The molecule has 0 spiro atoms. The highest BCUT2D eigenvalue weighted by atomic mass is 32.2. The number of aliphatic imine (C=N–C) groups is 1. The number of benzene rings is 1. The molecule has 2 rings (SSSR count). The molecule has 1 aromatic rings. The van der Waals surface area contributed by atoms with Crippen LogP contribution in [0.2, 0.25) is 0 Å². The lowest BCUT2D eigenvalue weighted by molar-refractivity contribution is 0.661. The van der Waals surface area contributed by atoms with Crippen molar-refractivity contribution in [3.63, 3.8) is 0 Å². The first-order valence-corrected chi connectivity index (χ1v) is 7.15.